The van der Waals surface area contributed by atoms with E-state index in [0.29, 0.717) is 12.3 Å². The fourth-order valence-corrected chi connectivity index (χ4v) is 9.97. The van der Waals surface area contributed by atoms with Crippen LogP contribution in [0.3, 0.4) is 0 Å². The molecular formula is C62H64ClN. The summed E-state index contributed by atoms with van der Waals surface area (Å²) in [4.78, 5) is 2.34. The minimum atomic E-state index is -0.235. The minimum absolute atomic E-state index is 0.146. The number of halogens is 1. The Labute approximate surface area is 389 Å². The number of hydrogen-bond acceptors (Lipinski definition) is 1. The maximum atomic E-state index is 6.95. The fraction of sp³-hybridized carbons (Fsp3) is 0.226. The summed E-state index contributed by atoms with van der Waals surface area (Å²) in [6.07, 6.45) is 38.1. The highest BCUT2D eigenvalue weighted by Crippen LogP contribution is 2.57. The molecule has 1 nitrogen and oxygen atoms in total. The van der Waals surface area contributed by atoms with E-state index in [1.54, 1.807) is 0 Å². The van der Waals surface area contributed by atoms with E-state index in [0.717, 1.165) is 52.5 Å². The predicted octanol–water partition coefficient (Wildman–Crippen LogP) is 18.2. The zero-order valence-corrected chi connectivity index (χ0v) is 39.8. The summed E-state index contributed by atoms with van der Waals surface area (Å²) in [6.45, 7) is 28.4. The van der Waals surface area contributed by atoms with Crippen molar-refractivity contribution in [3.8, 4) is 22.3 Å². The van der Waals surface area contributed by atoms with Crippen molar-refractivity contribution < 1.29 is 0 Å². The molecule has 0 aromatic heterocycles. The van der Waals surface area contributed by atoms with Crippen molar-refractivity contribution in [1.82, 2.24) is 0 Å². The largest absolute Gasteiger partial charge is 0.314 e. The van der Waals surface area contributed by atoms with Crippen LogP contribution in [0, 0.1) is 5.92 Å². The highest BCUT2D eigenvalue weighted by atomic mass is 35.5. The van der Waals surface area contributed by atoms with Gasteiger partial charge in [0.25, 0.3) is 0 Å². The van der Waals surface area contributed by atoms with Crippen molar-refractivity contribution in [2.45, 2.75) is 85.0 Å². The van der Waals surface area contributed by atoms with E-state index >= 15 is 0 Å². The van der Waals surface area contributed by atoms with Gasteiger partial charge in [-0.05, 0) is 148 Å². The molecule has 0 aliphatic heterocycles. The van der Waals surface area contributed by atoms with Crippen molar-refractivity contribution in [2.24, 2.45) is 5.92 Å². The number of nitrogens with zero attached hydrogens (tertiary/aromatic N) is 1. The SMILES string of the molecule is C=C\C=C/C(=C\C)C(/C=C\CC(=C)N(c1ccc(C2=C/C/C=C/C(C/C(C=C)=C/C=C\CC)/C=C\2)cc1)c1ccc2c(c1)C(C)(C)c1cc3c(cc1-2)C(C)(C)c1cccc(Cl)c1-3)=C\C. The van der Waals surface area contributed by atoms with Crippen LogP contribution in [-0.2, 0) is 10.8 Å². The third-order valence-electron chi connectivity index (χ3n) is 13.3. The first kappa shape index (κ1) is 45.9. The summed E-state index contributed by atoms with van der Waals surface area (Å²) in [5.74, 6) is 0.301. The summed E-state index contributed by atoms with van der Waals surface area (Å²) in [5.41, 5.74) is 19.1. The molecular weight excluding hydrogens is 794 g/mol. The van der Waals surface area contributed by atoms with Crippen LogP contribution in [0.15, 0.2) is 212 Å². The Morgan fingerprint density at radius 2 is 1.45 bits per heavy atom. The van der Waals surface area contributed by atoms with Gasteiger partial charge in [-0.3, -0.25) is 0 Å². The summed E-state index contributed by atoms with van der Waals surface area (Å²) in [5, 5.41) is 0.819. The summed E-state index contributed by atoms with van der Waals surface area (Å²) in [6, 6.07) is 27.3. The maximum Gasteiger partial charge on any atom is 0.0487 e. The molecule has 3 aliphatic rings. The van der Waals surface area contributed by atoms with E-state index in [9.17, 15) is 0 Å². The number of rotatable bonds is 15. The van der Waals surface area contributed by atoms with E-state index in [1.165, 1.54) is 61.2 Å². The lowest BCUT2D eigenvalue weighted by Gasteiger charge is -2.29. The molecule has 0 heterocycles. The van der Waals surface area contributed by atoms with Crippen LogP contribution < -0.4 is 4.90 Å². The quantitative estimate of drug-likeness (QED) is 0.0850. The van der Waals surface area contributed by atoms with Crippen molar-refractivity contribution in [3.05, 3.63) is 245 Å². The highest BCUT2D eigenvalue weighted by Gasteiger charge is 2.42. The van der Waals surface area contributed by atoms with Crippen LogP contribution in [0.2, 0.25) is 5.02 Å². The van der Waals surface area contributed by atoms with Crippen molar-refractivity contribution in [2.75, 3.05) is 4.90 Å². The Morgan fingerprint density at radius 3 is 2.17 bits per heavy atom. The van der Waals surface area contributed by atoms with E-state index in [4.69, 9.17) is 18.2 Å². The van der Waals surface area contributed by atoms with Crippen LogP contribution >= 0.6 is 11.6 Å². The van der Waals surface area contributed by atoms with Gasteiger partial charge in [0.2, 0.25) is 0 Å². The van der Waals surface area contributed by atoms with Crippen LogP contribution in [0.5, 0.6) is 0 Å². The zero-order valence-electron chi connectivity index (χ0n) is 39.0. The molecule has 324 valence electrons. The van der Waals surface area contributed by atoms with Gasteiger partial charge in [0.15, 0.2) is 0 Å². The number of fused-ring (bicyclic) bond motifs is 6. The molecule has 2 heteroatoms. The topological polar surface area (TPSA) is 3.24 Å². The third kappa shape index (κ3) is 9.10. The molecule has 3 aliphatic carbocycles. The molecule has 0 N–H and O–H groups in total. The lowest BCUT2D eigenvalue weighted by atomic mass is 9.79. The molecule has 1 atom stereocenters. The minimum Gasteiger partial charge on any atom is -0.314 e. The Bertz CT molecular complexity index is 2740. The highest BCUT2D eigenvalue weighted by molar-refractivity contribution is 6.34. The number of hydrogen-bond donors (Lipinski definition) is 0. The monoisotopic (exact) mass is 857 g/mol. The lowest BCUT2D eigenvalue weighted by molar-refractivity contribution is 0.652. The Hall–Kier alpha value is -6.15. The van der Waals surface area contributed by atoms with Gasteiger partial charge in [-0.15, -0.1) is 0 Å². The Morgan fingerprint density at radius 1 is 0.766 bits per heavy atom. The average molecular weight is 859 g/mol. The molecule has 1 unspecified atom stereocenters. The fourth-order valence-electron chi connectivity index (χ4n) is 9.69. The van der Waals surface area contributed by atoms with Crippen molar-refractivity contribution in [1.29, 1.82) is 0 Å². The van der Waals surface area contributed by atoms with Gasteiger partial charge < -0.3 is 4.90 Å². The molecule has 0 spiro atoms. The number of allylic oxidation sites excluding steroid dienone is 20. The molecule has 0 amide bonds. The maximum absolute atomic E-state index is 6.95. The Kier molecular flexibility index (Phi) is 14.1. The molecule has 0 saturated heterocycles. The second-order valence-electron chi connectivity index (χ2n) is 18.1. The molecule has 4 aromatic rings. The molecule has 0 fully saturated rings. The standard InChI is InChI=1S/C62H64ClN/c1-11-16-18-24-44(13-3)39-45-25-19-20-27-48(32-31-45)49-33-35-50(36-34-49)64(43(6)23-21-28-47(15-5)46(14-4)26-17-12-2)51-37-38-52-53-41-58-54(42-57(53)62(9,10)56(52)40-51)60-55(61(58,7)8)29-22-30-59(60)63/h12-19,21-22,24-38,40-42,45H,2-3,6,11,20,23,39H2,1,4-5,7-10H3/b18-16-,25-19+,26-17-,28-21-,32-31-,44-24+,46-14+,47-15-,48-27+. The predicted molar refractivity (Wildman–Crippen MR) is 282 cm³/mol. The molecule has 0 bridgehead atoms. The van der Waals surface area contributed by atoms with Gasteiger partial charge in [0.05, 0.1) is 0 Å². The van der Waals surface area contributed by atoms with E-state index in [-0.39, 0.29) is 10.8 Å². The van der Waals surface area contributed by atoms with Gasteiger partial charge >= 0.3 is 0 Å². The van der Waals surface area contributed by atoms with Gasteiger partial charge in [-0.2, -0.15) is 0 Å². The first-order chi connectivity index (χ1) is 30.9. The lowest BCUT2D eigenvalue weighted by Crippen LogP contribution is -2.19. The number of benzene rings is 4. The van der Waals surface area contributed by atoms with E-state index < -0.39 is 0 Å². The zero-order chi connectivity index (χ0) is 45.6. The third-order valence-corrected chi connectivity index (χ3v) is 13.6. The molecule has 64 heavy (non-hydrogen) atoms. The van der Waals surface area contributed by atoms with Crippen LogP contribution in [0.25, 0.3) is 27.8 Å². The second kappa shape index (κ2) is 19.7. The van der Waals surface area contributed by atoms with Gasteiger partial charge in [0, 0.05) is 44.9 Å². The summed E-state index contributed by atoms with van der Waals surface area (Å²) in [7, 11) is 0. The van der Waals surface area contributed by atoms with Crippen molar-refractivity contribution >= 4 is 28.5 Å². The van der Waals surface area contributed by atoms with Gasteiger partial charge in [-0.1, -0.05) is 194 Å². The smallest absolute Gasteiger partial charge is 0.0487 e. The van der Waals surface area contributed by atoms with Crippen LogP contribution in [0.1, 0.15) is 102 Å². The summed E-state index contributed by atoms with van der Waals surface area (Å²) >= 11 is 6.95. The molecule has 0 saturated carbocycles. The first-order valence-electron chi connectivity index (χ1n) is 22.9. The molecule has 0 radical (unpaired) electrons. The van der Waals surface area contributed by atoms with Crippen LogP contribution in [0.4, 0.5) is 11.4 Å². The van der Waals surface area contributed by atoms with Gasteiger partial charge in [-0.25, -0.2) is 0 Å². The first-order valence-corrected chi connectivity index (χ1v) is 23.3. The van der Waals surface area contributed by atoms with Crippen molar-refractivity contribution in [3.63, 3.8) is 0 Å². The van der Waals surface area contributed by atoms with Gasteiger partial charge in [0.1, 0.15) is 0 Å². The van der Waals surface area contributed by atoms with Crippen LogP contribution in [-0.4, -0.2) is 0 Å². The number of anilines is 2. The summed E-state index contributed by atoms with van der Waals surface area (Å²) < 4.78 is 0. The normalized spacial score (nSPS) is 19.3. The van der Waals surface area contributed by atoms with E-state index in [2.05, 4.69) is 212 Å². The van der Waals surface area contributed by atoms with E-state index in [1.807, 2.05) is 24.3 Å². The average Bonchev–Trinajstić information content (AvgIpc) is 3.65. The molecule has 7 rings (SSSR count). The Balaban J connectivity index is 1.24. The second-order valence-corrected chi connectivity index (χ2v) is 18.5. The molecule has 4 aromatic carbocycles.